The summed E-state index contributed by atoms with van der Waals surface area (Å²) in [4.78, 5) is 10.2. The quantitative estimate of drug-likeness (QED) is 0.499. The zero-order valence-electron chi connectivity index (χ0n) is 4.69. The molecular weight excluding hydrogens is 88.9 g/mol. The van der Waals surface area contributed by atoms with Gasteiger partial charge in [-0.3, -0.25) is 4.79 Å². The molecule has 0 saturated heterocycles. The molecular formula is C4H9BNO. The summed E-state index contributed by atoms with van der Waals surface area (Å²) in [6.45, 7) is 4.32. The summed E-state index contributed by atoms with van der Waals surface area (Å²) in [5.41, 5.74) is 0. The molecule has 0 aromatic rings. The van der Waals surface area contributed by atoms with Crippen molar-refractivity contribution in [3.8, 4) is 0 Å². The van der Waals surface area contributed by atoms with E-state index in [1.807, 2.05) is 6.92 Å². The first-order chi connectivity index (χ1) is 3.31. The molecule has 0 bridgehead atoms. The average molecular weight is 97.9 g/mol. The Labute approximate surface area is 44.5 Å². The van der Waals surface area contributed by atoms with E-state index in [2.05, 4.69) is 5.32 Å². The molecule has 0 rings (SSSR count). The number of hydrogen-bond donors (Lipinski definition) is 1. The van der Waals surface area contributed by atoms with Crippen molar-refractivity contribution in [3.05, 3.63) is 0 Å². The highest BCUT2D eigenvalue weighted by Crippen LogP contribution is 1.62. The second-order valence-electron chi connectivity index (χ2n) is 1.18. The van der Waals surface area contributed by atoms with Crippen LogP contribution in [-0.4, -0.2) is 19.6 Å². The second kappa shape index (κ2) is 3.72. The van der Waals surface area contributed by atoms with Gasteiger partial charge in [-0.2, -0.15) is 0 Å². The third-order valence-electron chi connectivity index (χ3n) is 0.613. The van der Waals surface area contributed by atoms with Crippen LogP contribution in [0, 0.1) is 0 Å². The van der Waals surface area contributed by atoms with E-state index < -0.39 is 0 Å². The molecule has 0 atom stereocenters. The normalized spacial score (nSPS) is 7.71. The molecule has 0 aromatic heterocycles. The molecule has 0 aliphatic carbocycles. The number of carbonyl (C=O) groups is 1. The predicted molar refractivity (Wildman–Crippen MR) is 30.7 cm³/mol. The fourth-order valence-corrected chi connectivity index (χ4v) is 0.276. The first-order valence-electron chi connectivity index (χ1n) is 2.38. The first kappa shape index (κ1) is 6.53. The van der Waals surface area contributed by atoms with Crippen LogP contribution in [0.3, 0.4) is 0 Å². The molecule has 0 aliphatic rings. The van der Waals surface area contributed by atoms with Gasteiger partial charge in [0.05, 0.1) is 0 Å². The van der Waals surface area contributed by atoms with Crippen LogP contribution < -0.4 is 5.32 Å². The van der Waals surface area contributed by atoms with Crippen molar-refractivity contribution in [3.63, 3.8) is 0 Å². The summed E-state index contributed by atoms with van der Waals surface area (Å²) in [6, 6.07) is 0. The summed E-state index contributed by atoms with van der Waals surface area (Å²) < 4.78 is 0. The lowest BCUT2D eigenvalue weighted by Crippen LogP contribution is -2.24. The van der Waals surface area contributed by atoms with Crippen LogP contribution in [0.5, 0.6) is 0 Å². The largest absolute Gasteiger partial charge is 0.366 e. The monoisotopic (exact) mass is 98.1 g/mol. The Balaban J connectivity index is 3.00. The predicted octanol–water partition coefficient (Wildman–Crippen LogP) is 0.468. The Hall–Kier alpha value is -0.465. The standard InChI is InChI=1S/C4H9BNO/c1-3-6-4(7)5-2/h3H2,1-2H3,(H,6,7). The van der Waals surface area contributed by atoms with E-state index in [1.54, 1.807) is 6.82 Å². The number of amides is 1. The maximum atomic E-state index is 10.2. The van der Waals surface area contributed by atoms with E-state index in [9.17, 15) is 4.79 Å². The number of carbonyl (C=O) groups excluding carboxylic acids is 1. The summed E-state index contributed by atoms with van der Waals surface area (Å²) >= 11 is 0. The Morgan fingerprint density at radius 2 is 2.43 bits per heavy atom. The van der Waals surface area contributed by atoms with Gasteiger partial charge in [0, 0.05) is 6.54 Å². The van der Waals surface area contributed by atoms with Gasteiger partial charge in [-0.25, -0.2) is 0 Å². The van der Waals surface area contributed by atoms with E-state index >= 15 is 0 Å². The molecule has 0 aromatic carbocycles. The molecule has 0 spiro atoms. The van der Waals surface area contributed by atoms with Crippen LogP contribution in [0.4, 0.5) is 4.79 Å². The lowest BCUT2D eigenvalue weighted by atomic mass is 9.81. The van der Waals surface area contributed by atoms with Crippen molar-refractivity contribution >= 4 is 13.1 Å². The fraction of sp³-hybridized carbons (Fsp3) is 0.750. The maximum Gasteiger partial charge on any atom is 0.229 e. The summed E-state index contributed by atoms with van der Waals surface area (Å²) in [5, 5.41) is 2.60. The number of hydrogen-bond acceptors (Lipinski definition) is 1. The van der Waals surface area contributed by atoms with E-state index in [4.69, 9.17) is 0 Å². The van der Waals surface area contributed by atoms with Gasteiger partial charge in [0.25, 0.3) is 0 Å². The molecule has 1 N–H and O–H groups in total. The third kappa shape index (κ3) is 3.36. The van der Waals surface area contributed by atoms with E-state index in [0.717, 1.165) is 0 Å². The molecule has 0 heterocycles. The Morgan fingerprint density at radius 1 is 1.86 bits per heavy atom. The van der Waals surface area contributed by atoms with Crippen molar-refractivity contribution in [2.24, 2.45) is 0 Å². The highest BCUT2D eigenvalue weighted by molar-refractivity contribution is 6.72. The second-order valence-corrected chi connectivity index (χ2v) is 1.18. The summed E-state index contributed by atoms with van der Waals surface area (Å²) in [6.07, 6.45) is 0. The van der Waals surface area contributed by atoms with Crippen molar-refractivity contribution in [2.75, 3.05) is 6.54 Å². The molecule has 0 unspecified atom stereocenters. The van der Waals surface area contributed by atoms with E-state index in [-0.39, 0.29) is 5.81 Å². The van der Waals surface area contributed by atoms with Crippen LogP contribution in [0.25, 0.3) is 0 Å². The minimum Gasteiger partial charge on any atom is -0.366 e. The zero-order valence-corrected chi connectivity index (χ0v) is 4.69. The third-order valence-corrected chi connectivity index (χ3v) is 0.613. The molecule has 7 heavy (non-hydrogen) atoms. The van der Waals surface area contributed by atoms with Crippen molar-refractivity contribution in [2.45, 2.75) is 13.7 Å². The summed E-state index contributed by atoms with van der Waals surface area (Å²) in [7, 11) is 1.50. The van der Waals surface area contributed by atoms with E-state index in [0.29, 0.717) is 6.54 Å². The zero-order chi connectivity index (χ0) is 5.70. The summed E-state index contributed by atoms with van der Waals surface area (Å²) in [5.74, 6) is 0.00231. The highest BCUT2D eigenvalue weighted by atomic mass is 16.1. The van der Waals surface area contributed by atoms with Crippen LogP contribution in [0.1, 0.15) is 6.92 Å². The average Bonchev–Trinajstić information content (AvgIpc) is 1.68. The van der Waals surface area contributed by atoms with Gasteiger partial charge in [0.15, 0.2) is 5.81 Å². The Kier molecular flexibility index (Phi) is 3.47. The van der Waals surface area contributed by atoms with Gasteiger partial charge < -0.3 is 5.32 Å². The first-order valence-corrected chi connectivity index (χ1v) is 2.38. The molecule has 39 valence electrons. The Morgan fingerprint density at radius 3 is 2.57 bits per heavy atom. The van der Waals surface area contributed by atoms with Crippen molar-refractivity contribution in [1.82, 2.24) is 5.32 Å². The van der Waals surface area contributed by atoms with Gasteiger partial charge in [-0.1, -0.05) is 6.82 Å². The molecule has 3 heteroatoms. The molecule has 1 amide bonds. The van der Waals surface area contributed by atoms with Crippen molar-refractivity contribution in [1.29, 1.82) is 0 Å². The minimum absolute atomic E-state index is 0.00231. The lowest BCUT2D eigenvalue weighted by Gasteiger charge is -1.93. The molecule has 2 nitrogen and oxygen atoms in total. The van der Waals surface area contributed by atoms with Crippen LogP contribution in [0.15, 0.2) is 0 Å². The smallest absolute Gasteiger partial charge is 0.229 e. The topological polar surface area (TPSA) is 29.1 Å². The van der Waals surface area contributed by atoms with Gasteiger partial charge in [0.2, 0.25) is 7.28 Å². The van der Waals surface area contributed by atoms with Gasteiger partial charge >= 0.3 is 0 Å². The Bertz CT molecular complexity index is 64.7. The van der Waals surface area contributed by atoms with E-state index in [1.165, 1.54) is 7.28 Å². The number of rotatable bonds is 2. The van der Waals surface area contributed by atoms with Crippen LogP contribution in [0.2, 0.25) is 6.82 Å². The highest BCUT2D eigenvalue weighted by Gasteiger charge is 1.90. The van der Waals surface area contributed by atoms with Gasteiger partial charge in [-0.15, -0.1) is 0 Å². The molecule has 0 saturated carbocycles. The minimum atomic E-state index is 0.00231. The van der Waals surface area contributed by atoms with Crippen LogP contribution in [-0.2, 0) is 0 Å². The SMILES string of the molecule is C[B]C(=O)NCC. The van der Waals surface area contributed by atoms with Crippen molar-refractivity contribution < 1.29 is 4.79 Å². The fourth-order valence-electron chi connectivity index (χ4n) is 0.276. The lowest BCUT2D eigenvalue weighted by molar-refractivity contribution is 0.259. The number of nitrogens with one attached hydrogen (secondary N) is 1. The van der Waals surface area contributed by atoms with Gasteiger partial charge in [0.1, 0.15) is 0 Å². The molecule has 1 radical (unpaired) electrons. The molecule has 0 aliphatic heterocycles. The van der Waals surface area contributed by atoms with Crippen LogP contribution >= 0.6 is 0 Å². The molecule has 0 fully saturated rings. The van der Waals surface area contributed by atoms with Gasteiger partial charge in [-0.05, 0) is 6.92 Å². The maximum absolute atomic E-state index is 10.2.